The van der Waals surface area contributed by atoms with Crippen LogP contribution in [0.25, 0.3) is 11.1 Å². The van der Waals surface area contributed by atoms with Crippen molar-refractivity contribution in [3.05, 3.63) is 24.1 Å². The molecule has 0 unspecified atom stereocenters. The Kier molecular flexibility index (Phi) is 1.96. The molecule has 0 aliphatic rings. The number of benzene rings is 1. The summed E-state index contributed by atoms with van der Waals surface area (Å²) in [6.45, 7) is 1.41. The Balaban J connectivity index is 2.70. The van der Waals surface area contributed by atoms with Crippen LogP contribution in [-0.4, -0.2) is 17.9 Å². The van der Waals surface area contributed by atoms with E-state index in [9.17, 15) is 4.79 Å². The molecule has 0 aliphatic carbocycles. The van der Waals surface area contributed by atoms with E-state index in [1.807, 2.05) is 0 Å². The zero-order chi connectivity index (χ0) is 10.1. The first-order valence-electron chi connectivity index (χ1n) is 4.17. The molecule has 0 radical (unpaired) electrons. The van der Waals surface area contributed by atoms with Crippen molar-refractivity contribution in [1.82, 2.24) is 4.98 Å². The van der Waals surface area contributed by atoms with Gasteiger partial charge in [0.25, 0.3) is 5.89 Å². The predicted octanol–water partition coefficient (Wildman–Crippen LogP) is 2.04. The Hall–Kier alpha value is -1.84. The molecule has 2 rings (SSSR count). The fraction of sp³-hybridized carbons (Fsp3) is 0.200. The van der Waals surface area contributed by atoms with E-state index in [4.69, 9.17) is 9.15 Å². The number of rotatable bonds is 2. The number of carbonyl (C=O) groups excluding carboxylic acids is 1. The van der Waals surface area contributed by atoms with Crippen molar-refractivity contribution in [2.75, 3.05) is 7.11 Å². The minimum absolute atomic E-state index is 0.115. The molecule has 2 aromatic rings. The third kappa shape index (κ3) is 1.25. The van der Waals surface area contributed by atoms with Gasteiger partial charge in [0, 0.05) is 6.92 Å². The topological polar surface area (TPSA) is 52.3 Å². The smallest absolute Gasteiger partial charge is 0.264 e. The predicted molar refractivity (Wildman–Crippen MR) is 50.6 cm³/mol. The zero-order valence-corrected chi connectivity index (χ0v) is 7.90. The number of ether oxygens (including phenoxy) is 1. The maximum atomic E-state index is 11.0. The van der Waals surface area contributed by atoms with E-state index >= 15 is 0 Å². The number of hydrogen-bond acceptors (Lipinski definition) is 4. The maximum absolute atomic E-state index is 11.0. The summed E-state index contributed by atoms with van der Waals surface area (Å²) in [6, 6.07) is 5.33. The molecule has 1 aromatic heterocycles. The molecule has 1 heterocycles. The lowest BCUT2D eigenvalue weighted by Gasteiger charge is -1.96. The summed E-state index contributed by atoms with van der Waals surface area (Å²) in [5.74, 6) is 0.509. The molecular formula is C10H9NO3. The summed E-state index contributed by atoms with van der Waals surface area (Å²) >= 11 is 0. The molecule has 4 nitrogen and oxygen atoms in total. The lowest BCUT2D eigenvalue weighted by atomic mass is 10.3. The molecule has 0 atom stereocenters. The number of para-hydroxylation sites is 1. The molecule has 0 N–H and O–H groups in total. The summed E-state index contributed by atoms with van der Waals surface area (Å²) in [4.78, 5) is 15.0. The molecule has 0 bridgehead atoms. The second-order valence-corrected chi connectivity index (χ2v) is 2.88. The van der Waals surface area contributed by atoms with Crippen LogP contribution in [0.5, 0.6) is 5.75 Å². The number of ketones is 1. The van der Waals surface area contributed by atoms with E-state index in [1.165, 1.54) is 6.92 Å². The fourth-order valence-electron chi connectivity index (χ4n) is 1.24. The Morgan fingerprint density at radius 3 is 2.93 bits per heavy atom. The average Bonchev–Trinajstić information content (AvgIpc) is 2.60. The van der Waals surface area contributed by atoms with E-state index in [0.717, 1.165) is 0 Å². The highest BCUT2D eigenvalue weighted by molar-refractivity contribution is 5.93. The summed E-state index contributed by atoms with van der Waals surface area (Å²) in [5.41, 5.74) is 1.15. The van der Waals surface area contributed by atoms with Crippen molar-refractivity contribution in [2.45, 2.75) is 6.92 Å². The Labute approximate surface area is 80.5 Å². The first kappa shape index (κ1) is 8.74. The quantitative estimate of drug-likeness (QED) is 0.681. The molecule has 0 fully saturated rings. The molecule has 0 aliphatic heterocycles. The minimum Gasteiger partial charge on any atom is -0.493 e. The molecule has 0 amide bonds. The van der Waals surface area contributed by atoms with Crippen LogP contribution in [0.3, 0.4) is 0 Å². The van der Waals surface area contributed by atoms with Gasteiger partial charge in [-0.15, -0.1) is 0 Å². The van der Waals surface area contributed by atoms with Gasteiger partial charge in [-0.2, -0.15) is 0 Å². The second-order valence-electron chi connectivity index (χ2n) is 2.88. The SMILES string of the molecule is COc1cccc2nc(C(C)=O)oc12. The van der Waals surface area contributed by atoms with Crippen LogP contribution >= 0.6 is 0 Å². The maximum Gasteiger partial charge on any atom is 0.264 e. The number of carbonyl (C=O) groups is 1. The number of fused-ring (bicyclic) bond motifs is 1. The Morgan fingerprint density at radius 2 is 2.29 bits per heavy atom. The molecule has 14 heavy (non-hydrogen) atoms. The molecule has 0 spiro atoms. The van der Waals surface area contributed by atoms with Gasteiger partial charge in [-0.1, -0.05) is 6.07 Å². The van der Waals surface area contributed by atoms with E-state index in [1.54, 1.807) is 25.3 Å². The number of Topliss-reactive ketones (excluding diaryl/α,β-unsaturated/α-hetero) is 1. The Bertz CT molecular complexity index is 487. The van der Waals surface area contributed by atoms with Gasteiger partial charge in [-0.25, -0.2) is 4.98 Å². The standard InChI is InChI=1S/C10H9NO3/c1-6(12)10-11-7-4-3-5-8(13-2)9(7)14-10/h3-5H,1-2H3. The van der Waals surface area contributed by atoms with Crippen LogP contribution in [0.4, 0.5) is 0 Å². The van der Waals surface area contributed by atoms with Gasteiger partial charge in [0.1, 0.15) is 5.52 Å². The van der Waals surface area contributed by atoms with E-state index in [-0.39, 0.29) is 11.7 Å². The number of hydrogen-bond donors (Lipinski definition) is 0. The number of methoxy groups -OCH3 is 1. The van der Waals surface area contributed by atoms with Gasteiger partial charge in [0.05, 0.1) is 7.11 Å². The monoisotopic (exact) mass is 191 g/mol. The molecule has 4 heteroatoms. The van der Waals surface area contributed by atoms with E-state index in [2.05, 4.69) is 4.98 Å². The molecular weight excluding hydrogens is 182 g/mol. The van der Waals surface area contributed by atoms with Crippen molar-refractivity contribution < 1.29 is 13.9 Å². The number of nitrogens with zero attached hydrogens (tertiary/aromatic N) is 1. The largest absolute Gasteiger partial charge is 0.493 e. The van der Waals surface area contributed by atoms with E-state index < -0.39 is 0 Å². The first-order chi connectivity index (χ1) is 6.72. The summed E-state index contributed by atoms with van der Waals surface area (Å²) in [7, 11) is 1.55. The summed E-state index contributed by atoms with van der Waals surface area (Å²) in [5, 5.41) is 0. The zero-order valence-electron chi connectivity index (χ0n) is 7.90. The lowest BCUT2D eigenvalue weighted by molar-refractivity contribution is 0.0983. The van der Waals surface area contributed by atoms with E-state index in [0.29, 0.717) is 16.8 Å². The third-order valence-electron chi connectivity index (χ3n) is 1.90. The summed E-state index contributed by atoms with van der Waals surface area (Å²) in [6.07, 6.45) is 0. The highest BCUT2D eigenvalue weighted by Crippen LogP contribution is 2.25. The number of oxazole rings is 1. The highest BCUT2D eigenvalue weighted by atomic mass is 16.5. The van der Waals surface area contributed by atoms with Crippen molar-refractivity contribution in [3.63, 3.8) is 0 Å². The summed E-state index contributed by atoms with van der Waals surface area (Å²) < 4.78 is 10.3. The molecule has 0 saturated carbocycles. The Morgan fingerprint density at radius 1 is 1.50 bits per heavy atom. The molecule has 0 saturated heterocycles. The van der Waals surface area contributed by atoms with Gasteiger partial charge < -0.3 is 9.15 Å². The van der Waals surface area contributed by atoms with Crippen LogP contribution in [-0.2, 0) is 0 Å². The van der Waals surface area contributed by atoms with Gasteiger partial charge in [-0.05, 0) is 12.1 Å². The lowest BCUT2D eigenvalue weighted by Crippen LogP contribution is -1.89. The normalized spacial score (nSPS) is 10.4. The van der Waals surface area contributed by atoms with Crippen molar-refractivity contribution in [1.29, 1.82) is 0 Å². The third-order valence-corrected chi connectivity index (χ3v) is 1.90. The molecule has 1 aromatic carbocycles. The van der Waals surface area contributed by atoms with Gasteiger partial charge >= 0.3 is 0 Å². The van der Waals surface area contributed by atoms with Crippen LogP contribution in [0, 0.1) is 0 Å². The fourth-order valence-corrected chi connectivity index (χ4v) is 1.24. The number of aromatic nitrogens is 1. The van der Waals surface area contributed by atoms with Crippen molar-refractivity contribution >= 4 is 16.9 Å². The van der Waals surface area contributed by atoms with Gasteiger partial charge in [0.2, 0.25) is 5.78 Å². The van der Waals surface area contributed by atoms with Gasteiger partial charge in [0.15, 0.2) is 11.3 Å². The van der Waals surface area contributed by atoms with Crippen LogP contribution in [0.1, 0.15) is 17.6 Å². The van der Waals surface area contributed by atoms with Crippen molar-refractivity contribution in [2.24, 2.45) is 0 Å². The average molecular weight is 191 g/mol. The minimum atomic E-state index is -0.191. The molecule has 72 valence electrons. The van der Waals surface area contributed by atoms with Gasteiger partial charge in [-0.3, -0.25) is 4.79 Å². The van der Waals surface area contributed by atoms with Crippen LogP contribution in [0.2, 0.25) is 0 Å². The van der Waals surface area contributed by atoms with Crippen molar-refractivity contribution in [3.8, 4) is 5.75 Å². The van der Waals surface area contributed by atoms with Crippen LogP contribution in [0.15, 0.2) is 22.6 Å². The van der Waals surface area contributed by atoms with Crippen LogP contribution < -0.4 is 4.74 Å². The second kappa shape index (κ2) is 3.14. The first-order valence-corrected chi connectivity index (χ1v) is 4.17. The highest BCUT2D eigenvalue weighted by Gasteiger charge is 2.12.